The Morgan fingerprint density at radius 2 is 1.74 bits per heavy atom. The van der Waals surface area contributed by atoms with Crippen LogP contribution in [0.2, 0.25) is 0 Å². The van der Waals surface area contributed by atoms with E-state index in [1.165, 1.54) is 18.5 Å². The minimum absolute atomic E-state index is 0.0712. The van der Waals surface area contributed by atoms with Gasteiger partial charge in [-0.25, -0.2) is 13.4 Å². The molecule has 2 aliphatic rings. The minimum atomic E-state index is -4.75. The zero-order valence-electron chi connectivity index (χ0n) is 16.4. The molecule has 0 N–H and O–H groups in total. The molecule has 1 saturated heterocycles. The summed E-state index contributed by atoms with van der Waals surface area (Å²) >= 11 is 0. The van der Waals surface area contributed by atoms with Crippen molar-refractivity contribution < 1.29 is 21.6 Å². The van der Waals surface area contributed by atoms with Gasteiger partial charge in [-0.3, -0.25) is 0 Å². The smallest absolute Gasteiger partial charge is 0.354 e. The lowest BCUT2D eigenvalue weighted by Gasteiger charge is -2.36. The maximum atomic E-state index is 13.4. The van der Waals surface area contributed by atoms with E-state index in [2.05, 4.69) is 15.1 Å². The molecule has 8 nitrogen and oxygen atoms in total. The van der Waals surface area contributed by atoms with Crippen LogP contribution < -0.4 is 4.90 Å². The van der Waals surface area contributed by atoms with Crippen LogP contribution in [0, 0.1) is 0 Å². The molecule has 12 heteroatoms. The summed E-state index contributed by atoms with van der Waals surface area (Å²) in [7, 11) is -4.29. The number of halogens is 3. The van der Waals surface area contributed by atoms with E-state index in [4.69, 9.17) is 0 Å². The van der Waals surface area contributed by atoms with Crippen LogP contribution in [0.15, 0.2) is 35.5 Å². The Balaban J connectivity index is 1.44. The zero-order chi connectivity index (χ0) is 21.8. The number of benzene rings is 1. The van der Waals surface area contributed by atoms with E-state index in [0.29, 0.717) is 18.9 Å². The molecule has 1 fully saturated rings. The van der Waals surface area contributed by atoms with E-state index >= 15 is 0 Å². The van der Waals surface area contributed by atoms with Crippen LogP contribution in [0.25, 0.3) is 5.78 Å². The number of sulfonamides is 1. The standard InChI is InChI=1S/C19H19F3N6O2S/c20-19(21,22)14-5-1-2-7-16(14)31(29,30)27-10-8-26(9-11-27)17-13-4-3-6-15(13)25-18-23-12-24-28(17)18/h1-2,5,7,12H,3-4,6,8-11H2. The van der Waals surface area contributed by atoms with Crippen LogP contribution in [0.5, 0.6) is 0 Å². The number of piperazine rings is 1. The van der Waals surface area contributed by atoms with Gasteiger partial charge in [0.15, 0.2) is 0 Å². The largest absolute Gasteiger partial charge is 0.417 e. The molecule has 31 heavy (non-hydrogen) atoms. The Hall–Kier alpha value is -2.73. The molecule has 3 heterocycles. The normalized spacial score (nSPS) is 18.0. The molecule has 3 aromatic rings. The van der Waals surface area contributed by atoms with Crippen LogP contribution in [-0.4, -0.2) is 58.5 Å². The number of anilines is 1. The van der Waals surface area contributed by atoms with Gasteiger partial charge in [0.2, 0.25) is 10.0 Å². The van der Waals surface area contributed by atoms with Gasteiger partial charge in [-0.2, -0.15) is 32.1 Å². The van der Waals surface area contributed by atoms with Crippen molar-refractivity contribution in [2.45, 2.75) is 30.3 Å². The van der Waals surface area contributed by atoms with E-state index in [1.54, 1.807) is 4.52 Å². The molecule has 2 aromatic heterocycles. The average molecular weight is 452 g/mol. The molecule has 0 spiro atoms. The van der Waals surface area contributed by atoms with Gasteiger partial charge in [0, 0.05) is 31.7 Å². The molecule has 0 amide bonds. The number of fused-ring (bicyclic) bond motifs is 2. The zero-order valence-corrected chi connectivity index (χ0v) is 17.2. The fraction of sp³-hybridized carbons (Fsp3) is 0.421. The second-order valence-corrected chi connectivity index (χ2v) is 9.48. The number of rotatable bonds is 3. The van der Waals surface area contributed by atoms with Crippen LogP contribution >= 0.6 is 0 Å². The summed E-state index contributed by atoms with van der Waals surface area (Å²) < 4.78 is 68.9. The van der Waals surface area contributed by atoms with E-state index in [0.717, 1.165) is 52.8 Å². The highest BCUT2D eigenvalue weighted by molar-refractivity contribution is 7.89. The number of aryl methyl sites for hydroxylation is 1. The molecule has 1 aliphatic carbocycles. The van der Waals surface area contributed by atoms with Gasteiger partial charge in [-0.1, -0.05) is 12.1 Å². The van der Waals surface area contributed by atoms with Gasteiger partial charge in [-0.15, -0.1) is 0 Å². The third-order valence-corrected chi connectivity index (χ3v) is 7.73. The van der Waals surface area contributed by atoms with E-state index in [-0.39, 0.29) is 13.1 Å². The number of alkyl halides is 3. The lowest BCUT2D eigenvalue weighted by atomic mass is 10.2. The molecule has 5 rings (SSSR count). The molecule has 0 atom stereocenters. The Morgan fingerprint density at radius 3 is 2.48 bits per heavy atom. The molecule has 1 aromatic carbocycles. The third-order valence-electron chi connectivity index (χ3n) is 5.77. The summed E-state index contributed by atoms with van der Waals surface area (Å²) in [5, 5.41) is 4.27. The highest BCUT2D eigenvalue weighted by atomic mass is 32.2. The minimum Gasteiger partial charge on any atom is -0.354 e. The maximum Gasteiger partial charge on any atom is 0.417 e. The predicted molar refractivity (Wildman–Crippen MR) is 105 cm³/mol. The van der Waals surface area contributed by atoms with Crippen molar-refractivity contribution in [3.63, 3.8) is 0 Å². The van der Waals surface area contributed by atoms with Crippen LogP contribution in [-0.2, 0) is 29.0 Å². The van der Waals surface area contributed by atoms with Gasteiger partial charge in [-0.05, 0) is 31.4 Å². The second kappa shape index (κ2) is 7.16. The van der Waals surface area contributed by atoms with E-state index in [9.17, 15) is 21.6 Å². The summed E-state index contributed by atoms with van der Waals surface area (Å²) in [5.41, 5.74) is 0.912. The lowest BCUT2D eigenvalue weighted by molar-refractivity contribution is -0.139. The van der Waals surface area contributed by atoms with Crippen molar-refractivity contribution >= 4 is 21.6 Å². The number of hydrogen-bond acceptors (Lipinski definition) is 6. The van der Waals surface area contributed by atoms with Crippen LogP contribution in [0.3, 0.4) is 0 Å². The van der Waals surface area contributed by atoms with Crippen molar-refractivity contribution in [1.29, 1.82) is 0 Å². The van der Waals surface area contributed by atoms with Gasteiger partial charge < -0.3 is 4.90 Å². The second-order valence-electron chi connectivity index (χ2n) is 7.57. The number of aromatic nitrogens is 4. The van der Waals surface area contributed by atoms with Gasteiger partial charge in [0.05, 0.1) is 16.2 Å². The predicted octanol–water partition coefficient (Wildman–Crippen LogP) is 2.14. The highest BCUT2D eigenvalue weighted by Crippen LogP contribution is 2.36. The first-order valence-electron chi connectivity index (χ1n) is 9.89. The molecular weight excluding hydrogens is 433 g/mol. The highest BCUT2D eigenvalue weighted by Gasteiger charge is 2.40. The van der Waals surface area contributed by atoms with Crippen molar-refractivity contribution in [3.05, 3.63) is 47.4 Å². The molecule has 1 aliphatic heterocycles. The summed E-state index contributed by atoms with van der Waals surface area (Å²) in [5.74, 6) is 1.34. The first-order valence-corrected chi connectivity index (χ1v) is 11.3. The molecule has 164 valence electrons. The van der Waals surface area contributed by atoms with Crippen molar-refractivity contribution in [2.75, 3.05) is 31.1 Å². The summed E-state index contributed by atoms with van der Waals surface area (Å²) in [6, 6.07) is 4.30. The Morgan fingerprint density at radius 1 is 1.00 bits per heavy atom. The van der Waals surface area contributed by atoms with E-state index in [1.807, 2.05) is 4.90 Å². The topological polar surface area (TPSA) is 83.7 Å². The number of hydrogen-bond donors (Lipinski definition) is 0. The quantitative estimate of drug-likeness (QED) is 0.606. The Bertz CT molecular complexity index is 1250. The van der Waals surface area contributed by atoms with E-state index < -0.39 is 26.7 Å². The number of nitrogens with zero attached hydrogens (tertiary/aromatic N) is 6. The maximum absolute atomic E-state index is 13.4. The molecule has 0 saturated carbocycles. The first-order chi connectivity index (χ1) is 14.8. The van der Waals surface area contributed by atoms with Crippen molar-refractivity contribution in [1.82, 2.24) is 23.9 Å². The monoisotopic (exact) mass is 452 g/mol. The summed E-state index contributed by atoms with van der Waals surface area (Å²) in [6.07, 6.45) is -0.637. The average Bonchev–Trinajstić information content (AvgIpc) is 3.40. The van der Waals surface area contributed by atoms with Crippen molar-refractivity contribution in [3.8, 4) is 0 Å². The fourth-order valence-electron chi connectivity index (χ4n) is 4.33. The van der Waals surface area contributed by atoms with Crippen LogP contribution in [0.1, 0.15) is 23.2 Å². The van der Waals surface area contributed by atoms with Gasteiger partial charge in [0.1, 0.15) is 12.1 Å². The molecule has 0 unspecified atom stereocenters. The van der Waals surface area contributed by atoms with Crippen molar-refractivity contribution in [2.24, 2.45) is 0 Å². The summed E-state index contributed by atoms with van der Waals surface area (Å²) in [6.45, 7) is 0.807. The molecule has 0 bridgehead atoms. The van der Waals surface area contributed by atoms with Gasteiger partial charge >= 0.3 is 6.18 Å². The third kappa shape index (κ3) is 3.33. The van der Waals surface area contributed by atoms with Crippen LogP contribution in [0.4, 0.5) is 19.0 Å². The Kier molecular flexibility index (Phi) is 4.66. The first kappa shape index (κ1) is 20.2. The lowest BCUT2D eigenvalue weighted by Crippen LogP contribution is -2.49. The molecular formula is C19H19F3N6O2S. The summed E-state index contributed by atoms with van der Waals surface area (Å²) in [4.78, 5) is 10.0. The fourth-order valence-corrected chi connectivity index (χ4v) is 5.97. The SMILES string of the molecule is O=S(=O)(c1ccccc1C(F)(F)F)N1CCN(c2c3c(nc4ncnn24)CCC3)CC1. The molecule has 0 radical (unpaired) electrons. The van der Waals surface area contributed by atoms with Gasteiger partial charge in [0.25, 0.3) is 5.78 Å². The Labute approximate surface area is 176 Å².